The van der Waals surface area contributed by atoms with Crippen molar-refractivity contribution in [3.8, 4) is 0 Å². The van der Waals surface area contributed by atoms with Gasteiger partial charge in [0.2, 0.25) is 0 Å². The third-order valence-electron chi connectivity index (χ3n) is 2.50. The minimum Gasteiger partial charge on any atom is -0.461 e. The number of methoxy groups -OCH3 is 1. The summed E-state index contributed by atoms with van der Waals surface area (Å²) in [5, 5.41) is 8.82. The lowest BCUT2D eigenvalue weighted by atomic mass is 10.0. The molecule has 0 spiro atoms. The summed E-state index contributed by atoms with van der Waals surface area (Å²) in [6, 6.07) is 0. The smallest absolute Gasteiger partial charge is 0.347 e. The van der Waals surface area contributed by atoms with E-state index < -0.39 is 24.1 Å². The largest absolute Gasteiger partial charge is 0.461 e. The van der Waals surface area contributed by atoms with E-state index in [0.717, 1.165) is 0 Å². The molecular weight excluding hydrogens is 252 g/mol. The molecule has 0 aromatic carbocycles. The first-order valence-electron chi connectivity index (χ1n) is 6.53. The number of carbonyl (C=O) groups is 2. The van der Waals surface area contributed by atoms with Crippen LogP contribution in [0.25, 0.3) is 0 Å². The monoisotopic (exact) mass is 276 g/mol. The lowest BCUT2D eigenvalue weighted by Crippen LogP contribution is -2.31. The van der Waals surface area contributed by atoms with Gasteiger partial charge in [0.25, 0.3) is 0 Å². The van der Waals surface area contributed by atoms with E-state index in [2.05, 4.69) is 9.47 Å². The number of rotatable bonds is 6. The second kappa shape index (κ2) is 10.8. The number of aliphatic hydroxyl groups is 1. The molecule has 19 heavy (non-hydrogen) atoms. The van der Waals surface area contributed by atoms with Crippen molar-refractivity contribution in [2.24, 2.45) is 0 Å². The Morgan fingerprint density at radius 2 is 1.58 bits per heavy atom. The molecule has 1 aliphatic carbocycles. The number of aliphatic hydroxyl groups excluding tert-OH is 1. The normalized spacial score (nSPS) is 16.2. The molecule has 112 valence electrons. The fraction of sp³-hybridized carbons (Fsp3) is 0.846. The highest BCUT2D eigenvalue weighted by Crippen LogP contribution is 2.15. The van der Waals surface area contributed by atoms with Gasteiger partial charge in [-0.15, -0.1) is 0 Å². The quantitative estimate of drug-likeness (QED) is 0.577. The van der Waals surface area contributed by atoms with E-state index >= 15 is 0 Å². The van der Waals surface area contributed by atoms with Gasteiger partial charge in [-0.2, -0.15) is 0 Å². The van der Waals surface area contributed by atoms with Crippen LogP contribution in [-0.2, 0) is 23.8 Å². The summed E-state index contributed by atoms with van der Waals surface area (Å²) in [4.78, 5) is 22.0. The lowest BCUT2D eigenvalue weighted by Gasteiger charge is -2.13. The van der Waals surface area contributed by atoms with Crippen molar-refractivity contribution < 1.29 is 28.9 Å². The SMILES string of the molecule is C1CCC1.COCCOC(=O)C(C)OC(=O)C(C)O. The molecule has 1 fully saturated rings. The third-order valence-corrected chi connectivity index (χ3v) is 2.50. The summed E-state index contributed by atoms with van der Waals surface area (Å²) >= 11 is 0. The molecule has 0 amide bonds. The van der Waals surface area contributed by atoms with Gasteiger partial charge in [-0.05, 0) is 13.8 Å². The van der Waals surface area contributed by atoms with Crippen LogP contribution in [0.15, 0.2) is 0 Å². The van der Waals surface area contributed by atoms with Gasteiger partial charge in [0.15, 0.2) is 6.10 Å². The predicted molar refractivity (Wildman–Crippen MR) is 68.5 cm³/mol. The summed E-state index contributed by atoms with van der Waals surface area (Å²) in [7, 11) is 1.48. The van der Waals surface area contributed by atoms with Crippen LogP contribution in [-0.4, -0.2) is 49.6 Å². The maximum Gasteiger partial charge on any atom is 0.347 e. The number of hydrogen-bond acceptors (Lipinski definition) is 6. The molecule has 0 aromatic rings. The van der Waals surface area contributed by atoms with Crippen molar-refractivity contribution in [1.82, 2.24) is 0 Å². The minimum absolute atomic E-state index is 0.103. The molecule has 1 N–H and O–H groups in total. The van der Waals surface area contributed by atoms with Crippen LogP contribution in [0.2, 0.25) is 0 Å². The second-order valence-electron chi connectivity index (χ2n) is 4.33. The van der Waals surface area contributed by atoms with Gasteiger partial charge in [-0.25, -0.2) is 9.59 Å². The lowest BCUT2D eigenvalue weighted by molar-refractivity contribution is -0.171. The number of esters is 2. The van der Waals surface area contributed by atoms with Crippen LogP contribution in [0.3, 0.4) is 0 Å². The van der Waals surface area contributed by atoms with Crippen molar-refractivity contribution in [3.05, 3.63) is 0 Å². The highest BCUT2D eigenvalue weighted by atomic mass is 16.6. The predicted octanol–water partition coefficient (Wildman–Crippen LogP) is 1.05. The summed E-state index contributed by atoms with van der Waals surface area (Å²) in [6.07, 6.45) is 3.73. The third kappa shape index (κ3) is 9.44. The van der Waals surface area contributed by atoms with Gasteiger partial charge in [-0.1, -0.05) is 25.7 Å². The zero-order valence-corrected chi connectivity index (χ0v) is 11.9. The Morgan fingerprint density at radius 3 is 1.95 bits per heavy atom. The van der Waals surface area contributed by atoms with Crippen LogP contribution in [0, 0.1) is 0 Å². The Hall–Kier alpha value is -1.14. The van der Waals surface area contributed by atoms with E-state index in [-0.39, 0.29) is 13.2 Å². The molecule has 1 aliphatic rings. The maximum atomic E-state index is 11.1. The molecular formula is C13H24O6. The second-order valence-corrected chi connectivity index (χ2v) is 4.33. The van der Waals surface area contributed by atoms with Gasteiger partial charge in [0.1, 0.15) is 12.7 Å². The summed E-state index contributed by atoms with van der Waals surface area (Å²) in [5.41, 5.74) is 0. The summed E-state index contributed by atoms with van der Waals surface area (Å²) in [6.45, 7) is 3.01. The van der Waals surface area contributed by atoms with Gasteiger partial charge in [0, 0.05) is 7.11 Å². The molecule has 0 saturated heterocycles. The molecule has 6 nitrogen and oxygen atoms in total. The Bertz CT molecular complexity index is 256. The van der Waals surface area contributed by atoms with Crippen molar-refractivity contribution in [2.75, 3.05) is 20.3 Å². The van der Waals surface area contributed by atoms with E-state index in [9.17, 15) is 9.59 Å². The molecule has 2 atom stereocenters. The van der Waals surface area contributed by atoms with E-state index in [4.69, 9.17) is 9.84 Å². The summed E-state index contributed by atoms with van der Waals surface area (Å²) in [5.74, 6) is -1.52. The van der Waals surface area contributed by atoms with Gasteiger partial charge in [-0.3, -0.25) is 0 Å². The van der Waals surface area contributed by atoms with E-state index in [1.807, 2.05) is 0 Å². The molecule has 1 rings (SSSR count). The summed E-state index contributed by atoms with van der Waals surface area (Å²) < 4.78 is 14.0. The average Bonchev–Trinajstić information content (AvgIpc) is 2.26. The van der Waals surface area contributed by atoms with Crippen molar-refractivity contribution in [2.45, 2.75) is 51.7 Å². The molecule has 0 radical (unpaired) electrons. The number of ether oxygens (including phenoxy) is 3. The first kappa shape index (κ1) is 17.9. The van der Waals surface area contributed by atoms with Crippen LogP contribution in [0.5, 0.6) is 0 Å². The zero-order valence-electron chi connectivity index (χ0n) is 11.9. The first-order valence-corrected chi connectivity index (χ1v) is 6.53. The number of hydrogen-bond donors (Lipinski definition) is 1. The standard InChI is InChI=1S/C9H16O6.C4H8/c1-6(10)8(11)15-7(2)9(12)14-5-4-13-3;1-2-4-3-1/h6-7,10H,4-5H2,1-3H3;1-4H2. The Morgan fingerprint density at radius 1 is 1.05 bits per heavy atom. The first-order chi connectivity index (χ1) is 8.99. The molecule has 0 heterocycles. The van der Waals surface area contributed by atoms with Gasteiger partial charge >= 0.3 is 11.9 Å². The van der Waals surface area contributed by atoms with Crippen LogP contribution in [0.1, 0.15) is 39.5 Å². The molecule has 1 saturated carbocycles. The van der Waals surface area contributed by atoms with Gasteiger partial charge in [0.05, 0.1) is 6.61 Å². The molecule has 0 bridgehead atoms. The zero-order chi connectivity index (χ0) is 14.7. The molecule has 2 unspecified atom stereocenters. The van der Waals surface area contributed by atoms with Gasteiger partial charge < -0.3 is 19.3 Å². The fourth-order valence-electron chi connectivity index (χ4n) is 0.914. The minimum atomic E-state index is -1.25. The Balaban J connectivity index is 0.000000678. The van der Waals surface area contributed by atoms with Crippen LogP contribution in [0.4, 0.5) is 0 Å². The van der Waals surface area contributed by atoms with Crippen molar-refractivity contribution in [1.29, 1.82) is 0 Å². The topological polar surface area (TPSA) is 82.1 Å². The maximum absolute atomic E-state index is 11.1. The molecule has 0 aromatic heterocycles. The Kier molecular flexibility index (Phi) is 10.1. The van der Waals surface area contributed by atoms with Crippen LogP contribution < -0.4 is 0 Å². The van der Waals surface area contributed by atoms with E-state index in [1.54, 1.807) is 0 Å². The van der Waals surface area contributed by atoms with Crippen molar-refractivity contribution in [3.63, 3.8) is 0 Å². The Labute approximate surface area is 114 Å². The average molecular weight is 276 g/mol. The molecule has 0 aliphatic heterocycles. The van der Waals surface area contributed by atoms with Crippen molar-refractivity contribution >= 4 is 11.9 Å². The van der Waals surface area contributed by atoms with E-state index in [1.165, 1.54) is 46.6 Å². The molecule has 6 heteroatoms. The highest BCUT2D eigenvalue weighted by Gasteiger charge is 2.21. The van der Waals surface area contributed by atoms with E-state index in [0.29, 0.717) is 0 Å². The van der Waals surface area contributed by atoms with Crippen LogP contribution >= 0.6 is 0 Å². The highest BCUT2D eigenvalue weighted by molar-refractivity contribution is 5.80. The fourth-order valence-corrected chi connectivity index (χ4v) is 0.914. The number of carbonyl (C=O) groups excluding carboxylic acids is 2.